The van der Waals surface area contributed by atoms with Gasteiger partial charge in [-0.3, -0.25) is 0 Å². The Morgan fingerprint density at radius 1 is 1.29 bits per heavy atom. The van der Waals surface area contributed by atoms with E-state index in [9.17, 15) is 18.5 Å². The van der Waals surface area contributed by atoms with Crippen molar-refractivity contribution in [3.8, 4) is 5.75 Å². The van der Waals surface area contributed by atoms with Gasteiger partial charge >= 0.3 is 39.9 Å². The molecule has 0 bridgehead atoms. The van der Waals surface area contributed by atoms with Crippen LogP contribution < -0.4 is 33.7 Å². The van der Waals surface area contributed by atoms with E-state index in [0.717, 1.165) is 0 Å². The Balaban J connectivity index is 0. The van der Waals surface area contributed by atoms with Crippen LogP contribution in [0.3, 0.4) is 0 Å². The molecular weight excluding hydrogens is 221 g/mol. The van der Waals surface area contributed by atoms with Crippen LogP contribution in [-0.4, -0.2) is 12.7 Å². The molecule has 0 spiro atoms. The third kappa shape index (κ3) is 3.62. The Morgan fingerprint density at radius 2 is 1.79 bits per heavy atom. The van der Waals surface area contributed by atoms with E-state index in [1.165, 1.54) is 24.3 Å². The molecule has 1 aromatic rings. The van der Waals surface area contributed by atoms with Crippen molar-refractivity contribution in [1.82, 2.24) is 0 Å². The molecule has 0 heterocycles. The van der Waals surface area contributed by atoms with Gasteiger partial charge in [-0.2, -0.15) is 0 Å². The van der Waals surface area contributed by atoms with Crippen LogP contribution in [0.25, 0.3) is 0 Å². The Hall–Kier alpha value is -0.630. The molecular formula is C6H6NNaO5S. The van der Waals surface area contributed by atoms with Gasteiger partial charge in [-0.1, -0.05) is 18.2 Å². The Labute approximate surface area is 104 Å². The number of nitrogens with zero attached hydrogens (tertiary/aromatic N) is 1. The zero-order valence-corrected chi connectivity index (χ0v) is 10.1. The SMILES string of the molecule is O=[N+]([O-])S(=O)(=O)Oc1ccccc1.[H-].[Na+]. The van der Waals surface area contributed by atoms with Gasteiger partial charge in [-0.25, -0.2) is 10.1 Å². The summed E-state index contributed by atoms with van der Waals surface area (Å²) in [5.74, 6) is -0.0841. The van der Waals surface area contributed by atoms with Gasteiger partial charge in [0.1, 0.15) is 5.75 Å². The first kappa shape index (κ1) is 13.4. The van der Waals surface area contributed by atoms with Gasteiger partial charge in [0, 0.05) is 0 Å². The molecule has 0 saturated heterocycles. The Kier molecular flexibility index (Phi) is 5.06. The molecule has 0 saturated carbocycles. The Bertz CT molecular complexity index is 409. The summed E-state index contributed by atoms with van der Waals surface area (Å²) in [6, 6.07) is 7.25. The van der Waals surface area contributed by atoms with Crippen LogP contribution in [0.5, 0.6) is 5.75 Å². The van der Waals surface area contributed by atoms with Crippen LogP contribution in [0.4, 0.5) is 0 Å². The summed E-state index contributed by atoms with van der Waals surface area (Å²) in [5.41, 5.74) is 0. The third-order valence-corrected chi connectivity index (χ3v) is 1.90. The first-order valence-corrected chi connectivity index (χ1v) is 4.53. The average Bonchev–Trinajstić information content (AvgIpc) is 2.05. The normalized spacial score (nSPS) is 10.0. The van der Waals surface area contributed by atoms with Gasteiger partial charge < -0.3 is 5.61 Å². The molecule has 0 unspecified atom stereocenters. The molecule has 0 aliphatic carbocycles. The van der Waals surface area contributed by atoms with E-state index in [0.29, 0.717) is 0 Å². The molecule has 0 amide bonds. The minimum Gasteiger partial charge on any atom is -1.00 e. The minimum atomic E-state index is -4.73. The fourth-order valence-electron chi connectivity index (χ4n) is 0.628. The zero-order valence-electron chi connectivity index (χ0n) is 8.28. The smallest absolute Gasteiger partial charge is 1.00 e. The molecule has 0 aromatic heterocycles. The van der Waals surface area contributed by atoms with Crippen LogP contribution in [-0.2, 0) is 10.3 Å². The third-order valence-electron chi connectivity index (χ3n) is 1.13. The summed E-state index contributed by atoms with van der Waals surface area (Å²) in [6.45, 7) is 0. The second kappa shape index (κ2) is 5.30. The second-order valence-electron chi connectivity index (χ2n) is 2.05. The summed E-state index contributed by atoms with van der Waals surface area (Å²) in [6.07, 6.45) is 0. The molecule has 1 aromatic carbocycles. The van der Waals surface area contributed by atoms with Crippen LogP contribution in [0, 0.1) is 10.1 Å². The number of rotatable bonds is 3. The maximum atomic E-state index is 10.6. The summed E-state index contributed by atoms with van der Waals surface area (Å²) in [7, 11) is -4.73. The van der Waals surface area contributed by atoms with E-state index in [2.05, 4.69) is 4.18 Å². The van der Waals surface area contributed by atoms with Crippen molar-refractivity contribution < 1.29 is 47.9 Å². The molecule has 0 aliphatic heterocycles. The quantitative estimate of drug-likeness (QED) is 0.329. The summed E-state index contributed by atoms with van der Waals surface area (Å²) in [4.78, 5) is 9.92. The summed E-state index contributed by atoms with van der Waals surface area (Å²) < 4.78 is 23.8. The number of hydrogen-bond acceptors (Lipinski definition) is 5. The fraction of sp³-hybridized carbons (Fsp3) is 0. The number of nitro groups is 1. The van der Waals surface area contributed by atoms with Crippen molar-refractivity contribution in [2.75, 3.05) is 0 Å². The molecule has 0 atom stereocenters. The zero-order chi connectivity index (χ0) is 9.90. The van der Waals surface area contributed by atoms with E-state index < -0.39 is 14.6 Å². The molecule has 72 valence electrons. The van der Waals surface area contributed by atoms with Crippen molar-refractivity contribution >= 4 is 10.3 Å². The minimum absolute atomic E-state index is 0. The second-order valence-corrected chi connectivity index (χ2v) is 3.37. The molecule has 0 radical (unpaired) electrons. The van der Waals surface area contributed by atoms with E-state index >= 15 is 0 Å². The van der Waals surface area contributed by atoms with Crippen molar-refractivity contribution in [2.45, 2.75) is 0 Å². The van der Waals surface area contributed by atoms with Crippen molar-refractivity contribution in [3.63, 3.8) is 0 Å². The van der Waals surface area contributed by atoms with Gasteiger partial charge in [0.2, 0.25) is 0 Å². The first-order chi connectivity index (χ1) is 6.02. The van der Waals surface area contributed by atoms with Gasteiger partial charge in [-0.15, -0.1) is 8.42 Å². The van der Waals surface area contributed by atoms with Gasteiger partial charge in [-0.05, 0) is 12.1 Å². The van der Waals surface area contributed by atoms with Gasteiger partial charge in [0.25, 0.3) is 0 Å². The molecule has 0 N–H and O–H groups in total. The molecule has 1 rings (SSSR count). The molecule has 0 fully saturated rings. The van der Waals surface area contributed by atoms with Crippen LogP contribution in [0.15, 0.2) is 30.3 Å². The molecule has 8 heteroatoms. The van der Waals surface area contributed by atoms with Gasteiger partial charge in [0.05, 0.1) is 0 Å². The summed E-state index contributed by atoms with van der Waals surface area (Å²) in [5, 5.41) is 9.92. The Morgan fingerprint density at radius 3 is 2.21 bits per heavy atom. The van der Waals surface area contributed by atoms with Crippen LogP contribution >= 0.6 is 0 Å². The summed E-state index contributed by atoms with van der Waals surface area (Å²) >= 11 is 0. The number of hydrogen-bond donors (Lipinski definition) is 0. The van der Waals surface area contributed by atoms with Crippen LogP contribution in [0.1, 0.15) is 1.43 Å². The standard InChI is InChI=1S/C6H5NO5S.Na.H/c8-7(9)13(10,11)12-6-4-2-1-3-5-6;;/h1-5H;;/q;+1;-1. The molecule has 0 aliphatic rings. The van der Waals surface area contributed by atoms with Crippen LogP contribution in [0.2, 0.25) is 0 Å². The molecule has 6 nitrogen and oxygen atoms in total. The van der Waals surface area contributed by atoms with Crippen molar-refractivity contribution in [1.29, 1.82) is 0 Å². The maximum absolute atomic E-state index is 10.6. The van der Waals surface area contributed by atoms with Crippen molar-refractivity contribution in [3.05, 3.63) is 40.4 Å². The van der Waals surface area contributed by atoms with E-state index in [-0.39, 0.29) is 36.7 Å². The predicted octanol–water partition coefficient (Wildman–Crippen LogP) is -2.30. The fourth-order valence-corrected chi connectivity index (χ4v) is 1.04. The molecule has 14 heavy (non-hydrogen) atoms. The van der Waals surface area contributed by atoms with Gasteiger partial charge in [0.15, 0.2) is 4.33 Å². The maximum Gasteiger partial charge on any atom is 1.00 e. The predicted molar refractivity (Wildman–Crippen MR) is 44.1 cm³/mol. The van der Waals surface area contributed by atoms with Crippen molar-refractivity contribution in [2.24, 2.45) is 0 Å². The average molecular weight is 227 g/mol. The largest absolute Gasteiger partial charge is 1.00 e. The van der Waals surface area contributed by atoms with E-state index in [1.54, 1.807) is 6.07 Å². The van der Waals surface area contributed by atoms with E-state index in [4.69, 9.17) is 0 Å². The topological polar surface area (TPSA) is 86.5 Å². The number of para-hydroxylation sites is 1. The first-order valence-electron chi connectivity index (χ1n) is 3.16. The monoisotopic (exact) mass is 227 g/mol. The number of benzene rings is 1. The van der Waals surface area contributed by atoms with E-state index in [1.807, 2.05) is 0 Å².